The standard InChI is InChI=1S/C22H19FN8O/c1-2-3-4-17(32)27-13-7-12(8-25-9-13)20-19(23)18-16(11-26-20)30-31-21(18)22-28-14-5-6-24-10-15(14)29-22/h5-11H,2-4H2,1H3,(H,27,32)(H,28,29)(H,30,31). The molecule has 9 nitrogen and oxygen atoms in total. The summed E-state index contributed by atoms with van der Waals surface area (Å²) in [5.74, 6) is -0.238. The molecule has 0 spiro atoms. The average molecular weight is 430 g/mol. The Kier molecular flexibility index (Phi) is 5.02. The predicted molar refractivity (Wildman–Crippen MR) is 118 cm³/mol. The van der Waals surface area contributed by atoms with Gasteiger partial charge in [0.25, 0.3) is 0 Å². The molecule has 0 unspecified atom stereocenters. The minimum absolute atomic E-state index is 0.105. The van der Waals surface area contributed by atoms with E-state index >= 15 is 4.39 Å². The van der Waals surface area contributed by atoms with E-state index in [0.717, 1.165) is 18.4 Å². The monoisotopic (exact) mass is 430 g/mol. The number of amides is 1. The van der Waals surface area contributed by atoms with Crippen LogP contribution in [0.15, 0.2) is 43.1 Å². The number of imidazole rings is 1. The maximum atomic E-state index is 15.7. The molecule has 32 heavy (non-hydrogen) atoms. The van der Waals surface area contributed by atoms with Crippen LogP contribution in [0.5, 0.6) is 0 Å². The van der Waals surface area contributed by atoms with Gasteiger partial charge in [0.1, 0.15) is 16.9 Å². The fourth-order valence-electron chi connectivity index (χ4n) is 3.52. The first kappa shape index (κ1) is 19.7. The summed E-state index contributed by atoms with van der Waals surface area (Å²) < 4.78 is 15.7. The second-order valence-corrected chi connectivity index (χ2v) is 7.37. The lowest BCUT2D eigenvalue weighted by Crippen LogP contribution is -2.11. The molecule has 160 valence electrons. The zero-order chi connectivity index (χ0) is 22.1. The van der Waals surface area contributed by atoms with Gasteiger partial charge in [0.15, 0.2) is 11.6 Å². The third-order valence-electron chi connectivity index (χ3n) is 5.11. The number of unbranched alkanes of at least 4 members (excludes halogenated alkanes) is 1. The molecule has 5 rings (SSSR count). The number of halogens is 1. The van der Waals surface area contributed by atoms with Gasteiger partial charge in [-0.15, -0.1) is 0 Å². The van der Waals surface area contributed by atoms with Crippen molar-refractivity contribution in [1.82, 2.24) is 35.1 Å². The van der Waals surface area contributed by atoms with Crippen LogP contribution in [0.25, 0.3) is 44.7 Å². The van der Waals surface area contributed by atoms with Crippen molar-refractivity contribution in [2.45, 2.75) is 26.2 Å². The minimum Gasteiger partial charge on any atom is -0.336 e. The number of pyridine rings is 3. The summed E-state index contributed by atoms with van der Waals surface area (Å²) in [6.07, 6.45) is 9.96. The summed E-state index contributed by atoms with van der Waals surface area (Å²) in [7, 11) is 0. The highest BCUT2D eigenvalue weighted by Crippen LogP contribution is 2.32. The number of hydrogen-bond donors (Lipinski definition) is 3. The second kappa shape index (κ2) is 8.14. The Labute approximate surface area is 181 Å². The topological polar surface area (TPSA) is 125 Å². The van der Waals surface area contributed by atoms with Gasteiger partial charge in [-0.1, -0.05) is 13.3 Å². The number of nitrogens with zero attached hydrogens (tertiary/aromatic N) is 5. The molecule has 0 saturated carbocycles. The lowest BCUT2D eigenvalue weighted by Gasteiger charge is -2.08. The van der Waals surface area contributed by atoms with Crippen LogP contribution in [-0.4, -0.2) is 41.0 Å². The van der Waals surface area contributed by atoms with Crippen LogP contribution in [0.2, 0.25) is 0 Å². The molecular weight excluding hydrogens is 411 g/mol. The lowest BCUT2D eigenvalue weighted by molar-refractivity contribution is -0.116. The Morgan fingerprint density at radius 2 is 2.03 bits per heavy atom. The van der Waals surface area contributed by atoms with Crippen molar-refractivity contribution in [2.75, 3.05) is 5.32 Å². The molecule has 0 aliphatic rings. The molecule has 0 fully saturated rings. The number of carbonyl (C=O) groups excluding carboxylic acids is 1. The van der Waals surface area contributed by atoms with Crippen LogP contribution in [0.1, 0.15) is 26.2 Å². The number of hydrogen-bond acceptors (Lipinski definition) is 6. The first-order valence-corrected chi connectivity index (χ1v) is 10.2. The molecule has 0 atom stereocenters. The van der Waals surface area contributed by atoms with E-state index in [4.69, 9.17) is 0 Å². The maximum absolute atomic E-state index is 15.7. The number of nitrogens with one attached hydrogen (secondary N) is 3. The minimum atomic E-state index is -0.555. The van der Waals surface area contributed by atoms with Crippen molar-refractivity contribution in [2.24, 2.45) is 0 Å². The van der Waals surface area contributed by atoms with Gasteiger partial charge in [-0.3, -0.25) is 24.8 Å². The van der Waals surface area contributed by atoms with Crippen LogP contribution in [0.3, 0.4) is 0 Å². The van der Waals surface area contributed by atoms with E-state index in [1.54, 1.807) is 24.5 Å². The zero-order valence-electron chi connectivity index (χ0n) is 17.2. The fourth-order valence-corrected chi connectivity index (χ4v) is 3.52. The van der Waals surface area contributed by atoms with E-state index < -0.39 is 5.82 Å². The van der Waals surface area contributed by atoms with Crippen LogP contribution in [0, 0.1) is 5.82 Å². The molecule has 3 N–H and O–H groups in total. The van der Waals surface area contributed by atoms with E-state index in [1.807, 2.05) is 6.92 Å². The molecule has 0 radical (unpaired) electrons. The molecule has 5 aromatic heterocycles. The van der Waals surface area contributed by atoms with Crippen molar-refractivity contribution in [3.63, 3.8) is 0 Å². The molecule has 0 saturated heterocycles. The highest BCUT2D eigenvalue weighted by atomic mass is 19.1. The van der Waals surface area contributed by atoms with Crippen molar-refractivity contribution in [1.29, 1.82) is 0 Å². The Hall–Kier alpha value is -4.21. The SMILES string of the molecule is CCCCC(=O)Nc1cncc(-c2ncc3[nH]nc(-c4nc5cnccc5[nH]4)c3c2F)c1. The average Bonchev–Trinajstić information content (AvgIpc) is 3.42. The Morgan fingerprint density at radius 3 is 2.88 bits per heavy atom. The summed E-state index contributed by atoms with van der Waals surface area (Å²) in [4.78, 5) is 32.1. The first-order chi connectivity index (χ1) is 15.6. The summed E-state index contributed by atoms with van der Waals surface area (Å²) in [5, 5.41) is 10.1. The summed E-state index contributed by atoms with van der Waals surface area (Å²) in [5.41, 5.74) is 3.25. The molecule has 0 aromatic carbocycles. The molecule has 0 bridgehead atoms. The van der Waals surface area contributed by atoms with Gasteiger partial charge in [-0.05, 0) is 18.6 Å². The Morgan fingerprint density at radius 1 is 1.12 bits per heavy atom. The Balaban J connectivity index is 1.55. The quantitative estimate of drug-likeness (QED) is 0.370. The van der Waals surface area contributed by atoms with Crippen LogP contribution in [0.4, 0.5) is 10.1 Å². The number of aromatic amines is 2. The number of aromatic nitrogens is 7. The van der Waals surface area contributed by atoms with Gasteiger partial charge in [0.05, 0.1) is 40.7 Å². The van der Waals surface area contributed by atoms with Crippen molar-refractivity contribution < 1.29 is 9.18 Å². The normalized spacial score (nSPS) is 11.3. The molecule has 5 aromatic rings. The summed E-state index contributed by atoms with van der Waals surface area (Å²) in [6.45, 7) is 2.02. The smallest absolute Gasteiger partial charge is 0.224 e. The molecule has 0 aliphatic heterocycles. The third-order valence-corrected chi connectivity index (χ3v) is 5.11. The number of H-pyrrole nitrogens is 2. The van der Waals surface area contributed by atoms with Crippen molar-refractivity contribution in [3.8, 4) is 22.8 Å². The van der Waals surface area contributed by atoms with Crippen LogP contribution in [-0.2, 0) is 4.79 Å². The number of anilines is 1. The summed E-state index contributed by atoms with van der Waals surface area (Å²) >= 11 is 0. The fraction of sp³-hybridized carbons (Fsp3) is 0.182. The first-order valence-electron chi connectivity index (χ1n) is 10.2. The molecule has 0 aliphatic carbocycles. The third kappa shape index (κ3) is 3.55. The van der Waals surface area contributed by atoms with Gasteiger partial charge >= 0.3 is 0 Å². The van der Waals surface area contributed by atoms with Gasteiger partial charge in [0, 0.05) is 24.4 Å². The molecule has 5 heterocycles. The molecule has 1 amide bonds. The molecular formula is C22H19FN8O. The van der Waals surface area contributed by atoms with Crippen LogP contribution < -0.4 is 5.32 Å². The van der Waals surface area contributed by atoms with E-state index in [2.05, 4.69) is 40.4 Å². The van der Waals surface area contributed by atoms with E-state index in [1.165, 1.54) is 18.6 Å². The van der Waals surface area contributed by atoms with E-state index in [0.29, 0.717) is 40.2 Å². The van der Waals surface area contributed by atoms with Crippen LogP contribution >= 0.6 is 0 Å². The van der Waals surface area contributed by atoms with E-state index in [9.17, 15) is 4.79 Å². The molecule has 10 heteroatoms. The summed E-state index contributed by atoms with van der Waals surface area (Å²) in [6, 6.07) is 3.44. The highest BCUT2D eigenvalue weighted by Gasteiger charge is 2.20. The van der Waals surface area contributed by atoms with Gasteiger partial charge in [-0.2, -0.15) is 5.10 Å². The number of carbonyl (C=O) groups is 1. The van der Waals surface area contributed by atoms with Crippen molar-refractivity contribution >= 4 is 33.5 Å². The van der Waals surface area contributed by atoms with E-state index in [-0.39, 0.29) is 17.0 Å². The largest absolute Gasteiger partial charge is 0.336 e. The highest BCUT2D eigenvalue weighted by molar-refractivity contribution is 5.95. The van der Waals surface area contributed by atoms with Gasteiger partial charge < -0.3 is 10.3 Å². The number of rotatable bonds is 6. The zero-order valence-corrected chi connectivity index (χ0v) is 17.2. The second-order valence-electron chi connectivity index (χ2n) is 7.37. The Bertz CT molecular complexity index is 1410. The maximum Gasteiger partial charge on any atom is 0.224 e. The number of fused-ring (bicyclic) bond motifs is 2. The van der Waals surface area contributed by atoms with Gasteiger partial charge in [-0.25, -0.2) is 9.37 Å². The lowest BCUT2D eigenvalue weighted by atomic mass is 10.1. The van der Waals surface area contributed by atoms with Crippen molar-refractivity contribution in [3.05, 3.63) is 48.9 Å². The predicted octanol–water partition coefficient (Wildman–Crippen LogP) is 4.23. The van der Waals surface area contributed by atoms with Gasteiger partial charge in [0.2, 0.25) is 5.91 Å².